The first-order valence-corrected chi connectivity index (χ1v) is 3.82. The van der Waals surface area contributed by atoms with Gasteiger partial charge in [0.25, 0.3) is 0 Å². The van der Waals surface area contributed by atoms with Crippen LogP contribution in [0.4, 0.5) is 0 Å². The van der Waals surface area contributed by atoms with E-state index in [0.29, 0.717) is 0 Å². The van der Waals surface area contributed by atoms with Crippen molar-refractivity contribution in [3.63, 3.8) is 0 Å². The van der Waals surface area contributed by atoms with E-state index in [0.717, 1.165) is 5.57 Å². The Bertz CT molecular complexity index is 273. The van der Waals surface area contributed by atoms with Gasteiger partial charge in [-0.05, 0) is 19.1 Å². The average molecular weight is 178 g/mol. The van der Waals surface area contributed by atoms with E-state index in [1.54, 1.807) is 12.1 Å². The number of allylic oxidation sites excluding steroid dienone is 2. The fraction of sp³-hybridized carbons (Fsp3) is 0.0909. The zero-order valence-electron chi connectivity index (χ0n) is 7.70. The number of aromatic hydroxyl groups is 2. The summed E-state index contributed by atoms with van der Waals surface area (Å²) in [7, 11) is 0. The Balaban J connectivity index is 0.000000252. The molecule has 0 fully saturated rings. The summed E-state index contributed by atoms with van der Waals surface area (Å²) in [5.41, 5.74) is 1.02. The normalized spacial score (nSPS) is 8.08. The lowest BCUT2D eigenvalue weighted by atomic mass is 10.3. The van der Waals surface area contributed by atoms with Gasteiger partial charge in [0.15, 0.2) is 0 Å². The number of hydrogen-bond acceptors (Lipinski definition) is 2. The van der Waals surface area contributed by atoms with E-state index in [2.05, 4.69) is 13.2 Å². The Morgan fingerprint density at radius 2 is 1.69 bits per heavy atom. The molecule has 0 radical (unpaired) electrons. The molecule has 1 rings (SSSR count). The second kappa shape index (κ2) is 5.89. The van der Waals surface area contributed by atoms with Gasteiger partial charge < -0.3 is 10.2 Å². The molecule has 0 atom stereocenters. The van der Waals surface area contributed by atoms with Gasteiger partial charge in [-0.2, -0.15) is 0 Å². The Morgan fingerprint density at radius 1 is 1.31 bits per heavy atom. The number of rotatable bonds is 1. The molecular formula is C11H14O2. The molecule has 0 amide bonds. The second-order valence-electron chi connectivity index (χ2n) is 2.57. The molecule has 0 unspecified atom stereocenters. The van der Waals surface area contributed by atoms with Gasteiger partial charge in [-0.25, -0.2) is 0 Å². The van der Waals surface area contributed by atoms with E-state index >= 15 is 0 Å². The quantitative estimate of drug-likeness (QED) is 0.649. The minimum Gasteiger partial charge on any atom is -0.508 e. The Morgan fingerprint density at radius 3 is 1.85 bits per heavy atom. The topological polar surface area (TPSA) is 40.5 Å². The van der Waals surface area contributed by atoms with Gasteiger partial charge in [0.2, 0.25) is 0 Å². The highest BCUT2D eigenvalue weighted by Crippen LogP contribution is 2.14. The van der Waals surface area contributed by atoms with E-state index < -0.39 is 0 Å². The molecule has 1 aromatic rings. The highest BCUT2D eigenvalue weighted by atomic mass is 16.3. The monoisotopic (exact) mass is 178 g/mol. The Labute approximate surface area is 78.5 Å². The summed E-state index contributed by atoms with van der Waals surface area (Å²) in [6, 6.07) is 5.85. The first kappa shape index (κ1) is 11.3. The van der Waals surface area contributed by atoms with Crippen LogP contribution in [0.3, 0.4) is 0 Å². The zero-order chi connectivity index (χ0) is 10.3. The van der Waals surface area contributed by atoms with Crippen molar-refractivity contribution in [1.82, 2.24) is 0 Å². The van der Waals surface area contributed by atoms with Crippen molar-refractivity contribution >= 4 is 0 Å². The van der Waals surface area contributed by atoms with Crippen LogP contribution in [0.15, 0.2) is 49.1 Å². The Kier molecular flexibility index (Phi) is 5.12. The van der Waals surface area contributed by atoms with Crippen LogP contribution in [0.5, 0.6) is 11.5 Å². The largest absolute Gasteiger partial charge is 0.508 e. The molecule has 0 spiro atoms. The van der Waals surface area contributed by atoms with Crippen molar-refractivity contribution in [2.75, 3.05) is 0 Å². The first-order valence-electron chi connectivity index (χ1n) is 3.82. The van der Waals surface area contributed by atoms with E-state index in [-0.39, 0.29) is 11.5 Å². The summed E-state index contributed by atoms with van der Waals surface area (Å²) in [4.78, 5) is 0. The van der Waals surface area contributed by atoms with Crippen LogP contribution >= 0.6 is 0 Å². The van der Waals surface area contributed by atoms with Gasteiger partial charge in [0.1, 0.15) is 11.5 Å². The fourth-order valence-electron chi connectivity index (χ4n) is 0.493. The third kappa shape index (κ3) is 6.69. The second-order valence-corrected chi connectivity index (χ2v) is 2.57. The molecule has 2 nitrogen and oxygen atoms in total. The lowest BCUT2D eigenvalue weighted by Crippen LogP contribution is -1.61. The average Bonchev–Trinajstić information content (AvgIpc) is 2.05. The highest BCUT2D eigenvalue weighted by Gasteiger charge is 1.85. The molecule has 0 saturated carbocycles. The molecule has 0 aliphatic heterocycles. The molecule has 0 bridgehead atoms. The van der Waals surface area contributed by atoms with Crippen LogP contribution in [-0.2, 0) is 0 Å². The van der Waals surface area contributed by atoms with Crippen molar-refractivity contribution in [1.29, 1.82) is 0 Å². The molecule has 2 N–H and O–H groups in total. The summed E-state index contributed by atoms with van der Waals surface area (Å²) in [6.45, 7) is 8.93. The van der Waals surface area contributed by atoms with Crippen LogP contribution < -0.4 is 0 Å². The first-order chi connectivity index (χ1) is 6.06. The lowest BCUT2D eigenvalue weighted by Gasteiger charge is -1.89. The smallest absolute Gasteiger partial charge is 0.119 e. The van der Waals surface area contributed by atoms with Crippen LogP contribution in [-0.4, -0.2) is 10.2 Å². The molecular weight excluding hydrogens is 164 g/mol. The Hall–Kier alpha value is -1.70. The number of phenols is 2. The van der Waals surface area contributed by atoms with Crippen LogP contribution in [0.2, 0.25) is 0 Å². The van der Waals surface area contributed by atoms with Crippen molar-refractivity contribution < 1.29 is 10.2 Å². The molecule has 0 aliphatic rings. The summed E-state index contributed by atoms with van der Waals surface area (Å²) in [5.74, 6) is 0.176. The van der Waals surface area contributed by atoms with Crippen molar-refractivity contribution in [3.8, 4) is 11.5 Å². The van der Waals surface area contributed by atoms with E-state index in [1.807, 2.05) is 6.92 Å². The van der Waals surface area contributed by atoms with Gasteiger partial charge in [0.05, 0.1) is 0 Å². The maximum absolute atomic E-state index is 8.65. The van der Waals surface area contributed by atoms with Crippen molar-refractivity contribution in [2.24, 2.45) is 0 Å². The maximum atomic E-state index is 8.65. The minimum atomic E-state index is 0.0880. The maximum Gasteiger partial charge on any atom is 0.119 e. The van der Waals surface area contributed by atoms with E-state index in [9.17, 15) is 0 Å². The van der Waals surface area contributed by atoms with Gasteiger partial charge in [0, 0.05) is 6.07 Å². The summed E-state index contributed by atoms with van der Waals surface area (Å²) >= 11 is 0. The zero-order valence-corrected chi connectivity index (χ0v) is 7.70. The number of phenolic OH excluding ortho intramolecular Hbond substituents is 2. The molecule has 1 aromatic carbocycles. The van der Waals surface area contributed by atoms with Gasteiger partial charge in [-0.1, -0.05) is 30.9 Å². The number of benzene rings is 1. The SMILES string of the molecule is C=CC(=C)C.Oc1cccc(O)c1. The van der Waals surface area contributed by atoms with Crippen LogP contribution in [0.1, 0.15) is 6.92 Å². The van der Waals surface area contributed by atoms with Crippen molar-refractivity contribution in [3.05, 3.63) is 49.1 Å². The minimum absolute atomic E-state index is 0.0880. The third-order valence-corrected chi connectivity index (χ3v) is 1.18. The highest BCUT2D eigenvalue weighted by molar-refractivity contribution is 5.30. The van der Waals surface area contributed by atoms with Gasteiger partial charge in [-0.3, -0.25) is 0 Å². The standard InChI is InChI=1S/C6H6O2.C5H8/c7-5-2-1-3-6(8)4-5;1-4-5(2)3/h1-4,7-8H;4H,1-2H2,3H3. The molecule has 0 aromatic heterocycles. The number of hydrogen-bond donors (Lipinski definition) is 2. The third-order valence-electron chi connectivity index (χ3n) is 1.18. The fourth-order valence-corrected chi connectivity index (χ4v) is 0.493. The molecule has 13 heavy (non-hydrogen) atoms. The van der Waals surface area contributed by atoms with Crippen LogP contribution in [0.25, 0.3) is 0 Å². The summed E-state index contributed by atoms with van der Waals surface area (Å²) in [5, 5.41) is 17.3. The van der Waals surface area contributed by atoms with E-state index in [4.69, 9.17) is 10.2 Å². The summed E-state index contributed by atoms with van der Waals surface area (Å²) < 4.78 is 0. The van der Waals surface area contributed by atoms with Gasteiger partial charge in [-0.15, -0.1) is 0 Å². The van der Waals surface area contributed by atoms with Crippen LogP contribution in [0, 0.1) is 0 Å². The predicted molar refractivity (Wildman–Crippen MR) is 54.8 cm³/mol. The summed E-state index contributed by atoms with van der Waals surface area (Å²) in [6.07, 6.45) is 1.72. The molecule has 0 heterocycles. The van der Waals surface area contributed by atoms with Gasteiger partial charge >= 0.3 is 0 Å². The van der Waals surface area contributed by atoms with E-state index in [1.165, 1.54) is 18.2 Å². The molecule has 0 saturated heterocycles. The lowest BCUT2D eigenvalue weighted by molar-refractivity contribution is 0.450. The predicted octanol–water partition coefficient (Wildman–Crippen LogP) is 2.85. The molecule has 2 heteroatoms. The van der Waals surface area contributed by atoms with Crippen molar-refractivity contribution in [2.45, 2.75) is 6.92 Å². The molecule has 70 valence electrons. The molecule has 0 aliphatic carbocycles.